The summed E-state index contributed by atoms with van der Waals surface area (Å²) in [5.74, 6) is -1.28. The smallest absolute Gasteiger partial charge is 0.423 e. The Morgan fingerprint density at radius 3 is 3.00 bits per heavy atom. The molecule has 0 spiro atoms. The molecule has 1 aliphatic rings. The van der Waals surface area contributed by atoms with Crippen molar-refractivity contribution in [2.45, 2.75) is 6.61 Å². The Morgan fingerprint density at radius 1 is 1.65 bits per heavy atom. The van der Waals surface area contributed by atoms with Gasteiger partial charge in [0.15, 0.2) is 0 Å². The van der Waals surface area contributed by atoms with Crippen LogP contribution in [0.15, 0.2) is 12.1 Å². The Balaban J connectivity index is 2.42. The third-order valence-electron chi connectivity index (χ3n) is 2.68. The Bertz CT molecular complexity index is 468. The largest absolute Gasteiger partial charge is 0.491 e. The molecule has 0 bridgehead atoms. The Morgan fingerprint density at radius 2 is 2.35 bits per heavy atom. The number of carbonyl (C=O) groups is 1. The predicted molar refractivity (Wildman–Crippen MR) is 57.9 cm³/mol. The summed E-state index contributed by atoms with van der Waals surface area (Å²) in [6.45, 7) is 0.141. The van der Waals surface area contributed by atoms with E-state index in [2.05, 4.69) is 0 Å². The maximum atomic E-state index is 13.7. The predicted octanol–water partition coefficient (Wildman–Crippen LogP) is -0.323. The highest BCUT2D eigenvalue weighted by atomic mass is 19.1. The highest BCUT2D eigenvalue weighted by Gasteiger charge is 2.30. The minimum atomic E-state index is -1.11. The summed E-state index contributed by atoms with van der Waals surface area (Å²) in [6.07, 6.45) is 0. The van der Waals surface area contributed by atoms with Crippen molar-refractivity contribution in [3.8, 4) is 0 Å². The average molecular weight is 239 g/mol. The number of amides is 1. The number of hydroxylamine groups is 2. The van der Waals surface area contributed by atoms with Crippen LogP contribution in [0.4, 0.5) is 4.39 Å². The summed E-state index contributed by atoms with van der Waals surface area (Å²) >= 11 is 0. The van der Waals surface area contributed by atoms with Crippen molar-refractivity contribution < 1.29 is 23.7 Å². The van der Waals surface area contributed by atoms with Crippen LogP contribution >= 0.6 is 0 Å². The van der Waals surface area contributed by atoms with Crippen molar-refractivity contribution in [3.05, 3.63) is 29.1 Å². The van der Waals surface area contributed by atoms with Gasteiger partial charge in [0.2, 0.25) is 0 Å². The van der Waals surface area contributed by atoms with Crippen LogP contribution in [-0.4, -0.2) is 37.3 Å². The minimum Gasteiger partial charge on any atom is -0.423 e. The average Bonchev–Trinajstić information content (AvgIpc) is 2.67. The van der Waals surface area contributed by atoms with E-state index in [4.69, 9.17) is 9.49 Å². The lowest BCUT2D eigenvalue weighted by atomic mass is 9.78. The Hall–Kier alpha value is -1.44. The lowest BCUT2D eigenvalue weighted by molar-refractivity contribution is -0.0759. The number of nitrogens with zero attached hydrogens (tertiary/aromatic N) is 1. The fourth-order valence-electron chi connectivity index (χ4n) is 1.66. The first-order chi connectivity index (χ1) is 8.04. The van der Waals surface area contributed by atoms with Gasteiger partial charge in [-0.2, -0.15) is 0 Å². The van der Waals surface area contributed by atoms with E-state index in [0.717, 1.165) is 5.06 Å². The molecule has 0 atom stereocenters. The molecule has 0 radical (unpaired) electrons. The van der Waals surface area contributed by atoms with Crippen molar-refractivity contribution in [3.63, 3.8) is 0 Å². The fraction of sp³-hybridized carbons (Fsp3) is 0.300. The minimum absolute atomic E-state index is 0.141. The first-order valence-electron chi connectivity index (χ1n) is 4.98. The summed E-state index contributed by atoms with van der Waals surface area (Å²) in [5, 5.41) is 10.4. The van der Waals surface area contributed by atoms with E-state index in [-0.39, 0.29) is 12.2 Å². The van der Waals surface area contributed by atoms with Gasteiger partial charge in [-0.1, -0.05) is 0 Å². The van der Waals surface area contributed by atoms with Gasteiger partial charge >= 0.3 is 7.12 Å². The highest BCUT2D eigenvalue weighted by molar-refractivity contribution is 6.61. The molecule has 5 nitrogen and oxygen atoms in total. The van der Waals surface area contributed by atoms with Gasteiger partial charge in [-0.05, 0) is 23.2 Å². The van der Waals surface area contributed by atoms with Crippen molar-refractivity contribution in [1.82, 2.24) is 5.06 Å². The van der Waals surface area contributed by atoms with Gasteiger partial charge in [-0.3, -0.25) is 9.63 Å². The monoisotopic (exact) mass is 239 g/mol. The molecule has 0 unspecified atom stereocenters. The molecule has 0 fully saturated rings. The second-order valence-electron chi connectivity index (χ2n) is 3.68. The third kappa shape index (κ3) is 2.04. The molecular formula is C10H11BFNO4. The molecule has 1 aromatic rings. The number of hydrogen-bond acceptors (Lipinski definition) is 4. The quantitative estimate of drug-likeness (QED) is 0.567. The van der Waals surface area contributed by atoms with E-state index < -0.39 is 18.8 Å². The zero-order chi connectivity index (χ0) is 12.6. The van der Waals surface area contributed by atoms with Crippen molar-refractivity contribution in [2.24, 2.45) is 0 Å². The van der Waals surface area contributed by atoms with Gasteiger partial charge < -0.3 is 9.68 Å². The number of fused-ring (bicyclic) bond motifs is 1. The molecular weight excluding hydrogens is 228 g/mol. The SMILES string of the molecule is CON(C)C(=O)c1cc2c(cc1F)COB2O. The molecule has 17 heavy (non-hydrogen) atoms. The number of hydrogen-bond donors (Lipinski definition) is 1. The molecule has 1 aliphatic heterocycles. The molecule has 0 saturated carbocycles. The van der Waals surface area contributed by atoms with Crippen LogP contribution in [0.2, 0.25) is 0 Å². The van der Waals surface area contributed by atoms with Gasteiger partial charge in [-0.25, -0.2) is 9.45 Å². The standard InChI is InChI=1S/C10H11BFNO4/c1-13(16-2)10(14)7-4-8-6(3-9(7)12)5-17-11(8)15/h3-4,15H,5H2,1-2H3. The summed E-state index contributed by atoms with van der Waals surface area (Å²) in [7, 11) is 1.58. The lowest BCUT2D eigenvalue weighted by Gasteiger charge is -2.14. The summed E-state index contributed by atoms with van der Waals surface area (Å²) < 4.78 is 18.6. The van der Waals surface area contributed by atoms with Crippen LogP contribution in [-0.2, 0) is 16.1 Å². The van der Waals surface area contributed by atoms with Crippen molar-refractivity contribution in [1.29, 1.82) is 0 Å². The van der Waals surface area contributed by atoms with E-state index in [0.29, 0.717) is 11.0 Å². The molecule has 0 aliphatic carbocycles. The van der Waals surface area contributed by atoms with E-state index in [1.54, 1.807) is 0 Å². The van der Waals surface area contributed by atoms with E-state index in [1.165, 1.54) is 26.3 Å². The Kier molecular flexibility index (Phi) is 3.14. The topological polar surface area (TPSA) is 59.0 Å². The van der Waals surface area contributed by atoms with Crippen LogP contribution in [0.25, 0.3) is 0 Å². The van der Waals surface area contributed by atoms with Crippen molar-refractivity contribution >= 4 is 18.5 Å². The maximum Gasteiger partial charge on any atom is 0.491 e. The van der Waals surface area contributed by atoms with Crippen LogP contribution in [0.5, 0.6) is 0 Å². The second-order valence-corrected chi connectivity index (χ2v) is 3.68. The molecule has 1 aromatic carbocycles. The van der Waals surface area contributed by atoms with Crippen LogP contribution < -0.4 is 5.46 Å². The molecule has 7 heteroatoms. The summed E-state index contributed by atoms with van der Waals surface area (Å²) in [5.41, 5.74) is 0.809. The number of benzene rings is 1. The summed E-state index contributed by atoms with van der Waals surface area (Å²) in [6, 6.07) is 2.49. The molecule has 1 heterocycles. The molecule has 2 rings (SSSR count). The molecule has 0 saturated heterocycles. The van der Waals surface area contributed by atoms with Crippen LogP contribution in [0.1, 0.15) is 15.9 Å². The van der Waals surface area contributed by atoms with Gasteiger partial charge in [0.1, 0.15) is 5.82 Å². The van der Waals surface area contributed by atoms with Gasteiger partial charge in [-0.15, -0.1) is 0 Å². The van der Waals surface area contributed by atoms with Gasteiger partial charge in [0, 0.05) is 7.05 Å². The number of halogens is 1. The zero-order valence-corrected chi connectivity index (χ0v) is 9.44. The molecule has 0 aromatic heterocycles. The molecule has 90 valence electrons. The second kappa shape index (κ2) is 4.44. The Labute approximate surface area is 97.8 Å². The first-order valence-corrected chi connectivity index (χ1v) is 4.98. The van der Waals surface area contributed by atoms with Crippen LogP contribution in [0.3, 0.4) is 0 Å². The summed E-state index contributed by atoms with van der Waals surface area (Å²) in [4.78, 5) is 16.4. The van der Waals surface area contributed by atoms with Gasteiger partial charge in [0.05, 0.1) is 19.3 Å². The third-order valence-corrected chi connectivity index (χ3v) is 2.68. The highest BCUT2D eigenvalue weighted by Crippen LogP contribution is 2.16. The van der Waals surface area contributed by atoms with E-state index >= 15 is 0 Å². The molecule has 1 N–H and O–H groups in total. The normalized spacial score (nSPS) is 13.8. The van der Waals surface area contributed by atoms with Crippen molar-refractivity contribution in [2.75, 3.05) is 14.2 Å². The lowest BCUT2D eigenvalue weighted by Crippen LogP contribution is -2.32. The van der Waals surface area contributed by atoms with Gasteiger partial charge in [0.25, 0.3) is 5.91 Å². The van der Waals surface area contributed by atoms with E-state index in [1.807, 2.05) is 0 Å². The zero-order valence-electron chi connectivity index (χ0n) is 9.44. The first kappa shape index (κ1) is 12.0. The number of rotatable bonds is 2. The fourth-order valence-corrected chi connectivity index (χ4v) is 1.66. The van der Waals surface area contributed by atoms with E-state index in [9.17, 15) is 14.2 Å². The number of carbonyl (C=O) groups excluding carboxylic acids is 1. The maximum absolute atomic E-state index is 13.7. The molecule has 1 amide bonds. The van der Waals surface area contributed by atoms with Crippen LogP contribution in [0, 0.1) is 5.82 Å².